The largest absolute Gasteiger partial charge is 0.462 e. The van der Waals surface area contributed by atoms with Gasteiger partial charge in [0.2, 0.25) is 0 Å². The van der Waals surface area contributed by atoms with Crippen molar-refractivity contribution in [2.45, 2.75) is 181 Å². The lowest BCUT2D eigenvalue weighted by Crippen LogP contribution is -2.30. The van der Waals surface area contributed by atoms with Gasteiger partial charge in [-0.25, -0.2) is 0 Å². The van der Waals surface area contributed by atoms with Crippen LogP contribution in [-0.2, 0) is 23.8 Å². The molecule has 56 heavy (non-hydrogen) atoms. The van der Waals surface area contributed by atoms with E-state index >= 15 is 0 Å². The molecule has 0 aliphatic heterocycles. The Bertz CT molecular complexity index is 1150. The van der Waals surface area contributed by atoms with Crippen molar-refractivity contribution in [1.29, 1.82) is 0 Å². The number of unbranched alkanes of at least 4 members (excludes halogenated alkanes) is 10. The molecule has 5 heteroatoms. The highest BCUT2D eigenvalue weighted by molar-refractivity contribution is 5.70. The molecule has 0 N–H and O–H groups in total. The van der Waals surface area contributed by atoms with Gasteiger partial charge < -0.3 is 14.2 Å². The molecule has 0 amide bonds. The molecule has 0 aliphatic carbocycles. The van der Waals surface area contributed by atoms with Gasteiger partial charge in [-0.15, -0.1) is 0 Å². The first kappa shape index (κ1) is 52.6. The van der Waals surface area contributed by atoms with Crippen LogP contribution in [0.4, 0.5) is 0 Å². The molecule has 5 nitrogen and oxygen atoms in total. The van der Waals surface area contributed by atoms with Crippen molar-refractivity contribution in [3.05, 3.63) is 109 Å². The van der Waals surface area contributed by atoms with Gasteiger partial charge in [-0.2, -0.15) is 0 Å². The van der Waals surface area contributed by atoms with Gasteiger partial charge in [-0.1, -0.05) is 162 Å². The molecule has 0 aliphatic rings. The summed E-state index contributed by atoms with van der Waals surface area (Å²) in [5.41, 5.74) is 0. The van der Waals surface area contributed by atoms with Crippen molar-refractivity contribution < 1.29 is 23.8 Å². The third kappa shape index (κ3) is 43.3. The van der Waals surface area contributed by atoms with E-state index in [1.807, 2.05) is 0 Å². The Balaban J connectivity index is 4.45. The second kappa shape index (κ2) is 45.9. The van der Waals surface area contributed by atoms with Gasteiger partial charge in [-0.05, 0) is 109 Å². The van der Waals surface area contributed by atoms with Crippen LogP contribution in [0.5, 0.6) is 0 Å². The molecular formula is C51H82O5. The highest BCUT2D eigenvalue weighted by Gasteiger charge is 2.17. The van der Waals surface area contributed by atoms with Gasteiger partial charge in [0.25, 0.3) is 0 Å². The second-order valence-corrected chi connectivity index (χ2v) is 14.2. The van der Waals surface area contributed by atoms with Crippen LogP contribution in [0.25, 0.3) is 0 Å². The topological polar surface area (TPSA) is 61.8 Å². The zero-order valence-electron chi connectivity index (χ0n) is 36.1. The van der Waals surface area contributed by atoms with Crippen molar-refractivity contribution >= 4 is 11.9 Å². The molecule has 0 spiro atoms. The molecule has 0 aromatic carbocycles. The van der Waals surface area contributed by atoms with Crippen LogP contribution >= 0.6 is 0 Å². The van der Waals surface area contributed by atoms with E-state index in [0.717, 1.165) is 109 Å². The fourth-order valence-corrected chi connectivity index (χ4v) is 5.48. The maximum Gasteiger partial charge on any atom is 0.306 e. The Labute approximate surface area is 344 Å². The number of allylic oxidation sites excluding steroid dienone is 18. The predicted molar refractivity (Wildman–Crippen MR) is 242 cm³/mol. The number of carbonyl (C=O) groups is 2. The van der Waals surface area contributed by atoms with Gasteiger partial charge in [0.15, 0.2) is 6.10 Å². The minimum Gasteiger partial charge on any atom is -0.462 e. The molecule has 1 unspecified atom stereocenters. The second-order valence-electron chi connectivity index (χ2n) is 14.2. The van der Waals surface area contributed by atoms with Crippen molar-refractivity contribution in [2.24, 2.45) is 0 Å². The Morgan fingerprint density at radius 2 is 0.804 bits per heavy atom. The number of esters is 2. The van der Waals surface area contributed by atoms with Gasteiger partial charge in [0.05, 0.1) is 6.61 Å². The molecular weight excluding hydrogens is 693 g/mol. The standard InChI is InChI=1S/C51H82O5/c1-4-7-10-13-16-19-22-24-26-27-30-32-35-38-41-44-50(52)55-48-49(56-51(53)45-42-39-36-33-29-21-18-15-12-9-6-3)47-54-46-43-40-37-34-31-28-25-23-20-17-14-11-8-5-2/h7-8,10-11,15-20,24-26,28,30,32,34,37,49H,4-6,9,12-14,21-23,27,29,31,33,35-36,38-48H2,1-3H3/b10-7-,11-8-,18-15-,19-16-,20-17-,26-24-,28-25-,32-30-,37-34-. The van der Waals surface area contributed by atoms with Crippen molar-refractivity contribution in [3.8, 4) is 0 Å². The fourth-order valence-electron chi connectivity index (χ4n) is 5.48. The highest BCUT2D eigenvalue weighted by atomic mass is 16.6. The molecule has 0 bridgehead atoms. The van der Waals surface area contributed by atoms with Crippen LogP contribution in [0.15, 0.2) is 109 Å². The van der Waals surface area contributed by atoms with E-state index in [-0.39, 0.29) is 25.2 Å². The Morgan fingerprint density at radius 1 is 0.411 bits per heavy atom. The third-order valence-electron chi connectivity index (χ3n) is 8.77. The summed E-state index contributed by atoms with van der Waals surface area (Å²) in [4.78, 5) is 25.2. The summed E-state index contributed by atoms with van der Waals surface area (Å²) in [6.45, 7) is 7.34. The molecule has 0 fully saturated rings. The van der Waals surface area contributed by atoms with Crippen LogP contribution in [-0.4, -0.2) is 37.9 Å². The van der Waals surface area contributed by atoms with Crippen LogP contribution in [0.3, 0.4) is 0 Å². The zero-order chi connectivity index (χ0) is 40.7. The SMILES string of the molecule is CC/C=C\C/C=C\C/C=C\C/C=C\CCCCC(=O)OCC(COCCC/C=C\C/C=C\C/C=C\C/C=C\CC)OC(=O)CCCCCCC/C=C\CCCC. The van der Waals surface area contributed by atoms with Gasteiger partial charge >= 0.3 is 11.9 Å². The average molecular weight is 775 g/mol. The summed E-state index contributed by atoms with van der Waals surface area (Å²) in [6.07, 6.45) is 62.4. The quantitative estimate of drug-likeness (QED) is 0.0354. The van der Waals surface area contributed by atoms with Crippen molar-refractivity contribution in [2.75, 3.05) is 19.8 Å². The smallest absolute Gasteiger partial charge is 0.306 e. The van der Waals surface area contributed by atoms with E-state index in [2.05, 4.69) is 130 Å². The number of rotatable bonds is 39. The van der Waals surface area contributed by atoms with E-state index in [4.69, 9.17) is 14.2 Å². The molecule has 1 atom stereocenters. The average Bonchev–Trinajstić information content (AvgIpc) is 3.20. The first-order chi connectivity index (χ1) is 27.6. The Kier molecular flexibility index (Phi) is 43.1. The first-order valence-corrected chi connectivity index (χ1v) is 22.4. The van der Waals surface area contributed by atoms with Crippen molar-refractivity contribution in [1.82, 2.24) is 0 Å². The predicted octanol–water partition coefficient (Wildman–Crippen LogP) is 14.9. The number of hydrogen-bond donors (Lipinski definition) is 0. The lowest BCUT2D eigenvalue weighted by Gasteiger charge is -2.18. The van der Waals surface area contributed by atoms with Crippen molar-refractivity contribution in [3.63, 3.8) is 0 Å². The molecule has 0 aromatic rings. The Morgan fingerprint density at radius 3 is 1.34 bits per heavy atom. The fraction of sp³-hybridized carbons (Fsp3) is 0.608. The summed E-state index contributed by atoms with van der Waals surface area (Å²) in [6, 6.07) is 0. The minimum atomic E-state index is -0.590. The lowest BCUT2D eigenvalue weighted by molar-refractivity contribution is -0.163. The molecule has 0 aromatic heterocycles. The summed E-state index contributed by atoms with van der Waals surface area (Å²) in [7, 11) is 0. The van der Waals surface area contributed by atoms with Gasteiger partial charge in [-0.3, -0.25) is 9.59 Å². The normalized spacial score (nSPS) is 13.3. The third-order valence-corrected chi connectivity index (χ3v) is 8.77. The zero-order valence-corrected chi connectivity index (χ0v) is 36.1. The molecule has 0 radical (unpaired) electrons. The number of ether oxygens (including phenoxy) is 3. The summed E-state index contributed by atoms with van der Waals surface area (Å²) in [5.74, 6) is -0.498. The van der Waals surface area contributed by atoms with E-state index in [0.29, 0.717) is 19.4 Å². The van der Waals surface area contributed by atoms with E-state index in [1.165, 1.54) is 32.1 Å². The monoisotopic (exact) mass is 775 g/mol. The summed E-state index contributed by atoms with van der Waals surface area (Å²) < 4.78 is 17.2. The highest BCUT2D eigenvalue weighted by Crippen LogP contribution is 2.11. The van der Waals surface area contributed by atoms with Crippen LogP contribution in [0, 0.1) is 0 Å². The summed E-state index contributed by atoms with van der Waals surface area (Å²) in [5, 5.41) is 0. The van der Waals surface area contributed by atoms with Crippen LogP contribution in [0.2, 0.25) is 0 Å². The van der Waals surface area contributed by atoms with Crippen LogP contribution < -0.4 is 0 Å². The minimum absolute atomic E-state index is 0.0318. The summed E-state index contributed by atoms with van der Waals surface area (Å²) >= 11 is 0. The molecule has 0 saturated carbocycles. The lowest BCUT2D eigenvalue weighted by atomic mass is 10.1. The molecule has 0 rings (SSSR count). The van der Waals surface area contributed by atoms with Crippen LogP contribution in [0.1, 0.15) is 175 Å². The van der Waals surface area contributed by atoms with Gasteiger partial charge in [0, 0.05) is 19.4 Å². The van der Waals surface area contributed by atoms with E-state index in [1.54, 1.807) is 0 Å². The number of carbonyl (C=O) groups excluding carboxylic acids is 2. The molecule has 0 heterocycles. The van der Waals surface area contributed by atoms with Gasteiger partial charge in [0.1, 0.15) is 6.61 Å². The van der Waals surface area contributed by atoms with E-state index < -0.39 is 6.10 Å². The Hall–Kier alpha value is -3.44. The molecule has 316 valence electrons. The molecule has 0 saturated heterocycles. The first-order valence-electron chi connectivity index (χ1n) is 22.4. The maximum absolute atomic E-state index is 12.7. The van der Waals surface area contributed by atoms with E-state index in [9.17, 15) is 9.59 Å². The maximum atomic E-state index is 12.7. The number of hydrogen-bond acceptors (Lipinski definition) is 5.